The summed E-state index contributed by atoms with van der Waals surface area (Å²) in [6.07, 6.45) is 0.340. The molecule has 0 aromatic heterocycles. The van der Waals surface area contributed by atoms with Gasteiger partial charge in [0.15, 0.2) is 12.4 Å². The van der Waals surface area contributed by atoms with Gasteiger partial charge in [-0.2, -0.15) is 0 Å². The molecule has 2 rings (SSSR count). The van der Waals surface area contributed by atoms with Gasteiger partial charge in [-0.3, -0.25) is 9.59 Å². The minimum Gasteiger partial charge on any atom is -0.483 e. The smallest absolute Gasteiger partial charge is 0.262 e. The zero-order chi connectivity index (χ0) is 16.8. The molecule has 0 spiro atoms. The molecule has 1 N–H and O–H groups in total. The normalized spacial score (nSPS) is 10.2. The molecule has 5 heteroatoms. The lowest BCUT2D eigenvalue weighted by Crippen LogP contribution is -2.20. The molecule has 0 saturated carbocycles. The fourth-order valence-electron chi connectivity index (χ4n) is 2.01. The van der Waals surface area contributed by atoms with Gasteiger partial charge in [0.25, 0.3) is 5.91 Å². The Morgan fingerprint density at radius 2 is 1.83 bits per heavy atom. The van der Waals surface area contributed by atoms with Crippen molar-refractivity contribution in [2.45, 2.75) is 20.3 Å². The second kappa shape index (κ2) is 7.79. The lowest BCUT2D eigenvalue weighted by molar-refractivity contribution is -0.118. The number of Topliss-reactive ketones (excluding diaryl/α,β-unsaturated/α-hetero) is 1. The van der Waals surface area contributed by atoms with Crippen molar-refractivity contribution in [2.24, 2.45) is 0 Å². The van der Waals surface area contributed by atoms with Crippen LogP contribution in [0, 0.1) is 6.92 Å². The summed E-state index contributed by atoms with van der Waals surface area (Å²) in [5, 5.41) is 3.20. The van der Waals surface area contributed by atoms with E-state index < -0.39 is 0 Å². The second-order valence-corrected chi connectivity index (χ2v) is 5.56. The highest BCUT2D eigenvalue weighted by Gasteiger charge is 2.13. The predicted octanol–water partition coefficient (Wildman–Crippen LogP) is 4.26. The monoisotopic (exact) mass is 331 g/mol. The van der Waals surface area contributed by atoms with E-state index in [9.17, 15) is 9.59 Å². The van der Waals surface area contributed by atoms with Gasteiger partial charge in [-0.05, 0) is 37.3 Å². The van der Waals surface area contributed by atoms with Gasteiger partial charge < -0.3 is 10.1 Å². The van der Waals surface area contributed by atoms with Crippen molar-refractivity contribution in [3.63, 3.8) is 0 Å². The van der Waals surface area contributed by atoms with Crippen LogP contribution in [-0.2, 0) is 4.79 Å². The Bertz CT molecular complexity index is 711. The molecule has 0 aliphatic heterocycles. The number of carbonyl (C=O) groups excluding carboxylic acids is 2. The van der Waals surface area contributed by atoms with Crippen LogP contribution in [0.15, 0.2) is 42.5 Å². The quantitative estimate of drug-likeness (QED) is 0.805. The molecular formula is C18H18ClNO3. The summed E-state index contributed by atoms with van der Waals surface area (Å²) in [4.78, 5) is 23.9. The van der Waals surface area contributed by atoms with Crippen molar-refractivity contribution in [3.05, 3.63) is 58.6 Å². The largest absolute Gasteiger partial charge is 0.483 e. The number of hydrogen-bond acceptors (Lipinski definition) is 3. The summed E-state index contributed by atoms with van der Waals surface area (Å²) >= 11 is 5.91. The van der Waals surface area contributed by atoms with Gasteiger partial charge in [-0.15, -0.1) is 0 Å². The van der Waals surface area contributed by atoms with E-state index in [1.165, 1.54) is 0 Å². The van der Waals surface area contributed by atoms with E-state index in [1.807, 2.05) is 31.2 Å². The number of anilines is 1. The Balaban J connectivity index is 2.01. The van der Waals surface area contributed by atoms with Gasteiger partial charge in [-0.25, -0.2) is 0 Å². The number of nitrogens with one attached hydrogen (secondary N) is 1. The number of ketones is 1. The Hall–Kier alpha value is -2.33. The summed E-state index contributed by atoms with van der Waals surface area (Å²) in [6, 6.07) is 12.2. The molecule has 2 aromatic rings. The van der Waals surface area contributed by atoms with E-state index in [0.717, 1.165) is 5.56 Å². The van der Waals surface area contributed by atoms with E-state index in [-0.39, 0.29) is 18.3 Å². The fraction of sp³-hybridized carbons (Fsp3) is 0.222. The van der Waals surface area contributed by atoms with Crippen LogP contribution in [-0.4, -0.2) is 18.3 Å². The molecule has 0 atom stereocenters. The van der Waals surface area contributed by atoms with Gasteiger partial charge >= 0.3 is 0 Å². The minimum atomic E-state index is -0.293. The fourth-order valence-corrected chi connectivity index (χ4v) is 2.19. The lowest BCUT2D eigenvalue weighted by Gasteiger charge is -2.11. The van der Waals surface area contributed by atoms with Gasteiger partial charge in [0.05, 0.1) is 5.56 Å². The zero-order valence-corrected chi connectivity index (χ0v) is 13.8. The molecule has 0 fully saturated rings. The van der Waals surface area contributed by atoms with Crippen molar-refractivity contribution in [1.82, 2.24) is 0 Å². The first kappa shape index (κ1) is 17.0. The first-order valence-corrected chi connectivity index (χ1v) is 7.69. The number of hydrogen-bond donors (Lipinski definition) is 1. The number of aryl methyl sites for hydroxylation is 1. The Morgan fingerprint density at radius 1 is 1.13 bits per heavy atom. The maximum absolute atomic E-state index is 11.9. The van der Waals surface area contributed by atoms with Crippen molar-refractivity contribution in [2.75, 3.05) is 11.9 Å². The number of benzene rings is 2. The van der Waals surface area contributed by atoms with Crippen LogP contribution in [0.2, 0.25) is 5.02 Å². The van der Waals surface area contributed by atoms with E-state index in [1.54, 1.807) is 25.1 Å². The molecular weight excluding hydrogens is 314 g/mol. The Morgan fingerprint density at radius 3 is 2.48 bits per heavy atom. The van der Waals surface area contributed by atoms with E-state index in [0.29, 0.717) is 28.4 Å². The first-order valence-electron chi connectivity index (χ1n) is 7.31. The molecule has 0 radical (unpaired) electrons. The molecule has 0 aliphatic rings. The van der Waals surface area contributed by atoms with Crippen LogP contribution >= 0.6 is 11.6 Å². The maximum Gasteiger partial charge on any atom is 0.262 e. The summed E-state index contributed by atoms with van der Waals surface area (Å²) in [7, 11) is 0. The molecule has 0 unspecified atom stereocenters. The lowest BCUT2D eigenvalue weighted by atomic mass is 10.1. The van der Waals surface area contributed by atoms with Crippen molar-refractivity contribution in [1.29, 1.82) is 0 Å². The molecule has 0 heterocycles. The Kier molecular flexibility index (Phi) is 5.77. The van der Waals surface area contributed by atoms with Crippen LogP contribution in [0.5, 0.6) is 5.75 Å². The number of halogens is 1. The van der Waals surface area contributed by atoms with Gasteiger partial charge in [0.2, 0.25) is 0 Å². The maximum atomic E-state index is 11.9. The van der Waals surface area contributed by atoms with Crippen molar-refractivity contribution in [3.8, 4) is 5.75 Å². The first-order chi connectivity index (χ1) is 11.0. The van der Waals surface area contributed by atoms with Crippen molar-refractivity contribution >= 4 is 29.0 Å². The molecule has 1 amide bonds. The predicted molar refractivity (Wildman–Crippen MR) is 91.4 cm³/mol. The summed E-state index contributed by atoms with van der Waals surface area (Å²) in [6.45, 7) is 3.55. The van der Waals surface area contributed by atoms with Gasteiger partial charge in [0.1, 0.15) is 5.75 Å². The molecule has 2 aromatic carbocycles. The zero-order valence-electron chi connectivity index (χ0n) is 13.1. The molecule has 120 valence electrons. The average Bonchev–Trinajstić information content (AvgIpc) is 2.55. The molecule has 0 bridgehead atoms. The van der Waals surface area contributed by atoms with Crippen LogP contribution in [0.25, 0.3) is 0 Å². The summed E-state index contributed by atoms with van der Waals surface area (Å²) in [5.74, 6) is -0.0135. The van der Waals surface area contributed by atoms with Crippen LogP contribution in [0.4, 0.5) is 5.69 Å². The van der Waals surface area contributed by atoms with E-state index in [2.05, 4.69) is 5.32 Å². The van der Waals surface area contributed by atoms with E-state index in [4.69, 9.17) is 16.3 Å². The highest BCUT2D eigenvalue weighted by Crippen LogP contribution is 2.24. The molecule has 23 heavy (non-hydrogen) atoms. The van der Waals surface area contributed by atoms with Crippen molar-refractivity contribution < 1.29 is 14.3 Å². The molecule has 0 aliphatic carbocycles. The van der Waals surface area contributed by atoms with Crippen LogP contribution in [0.3, 0.4) is 0 Å². The Labute approximate surface area is 140 Å². The van der Waals surface area contributed by atoms with Crippen LogP contribution in [0.1, 0.15) is 29.3 Å². The minimum absolute atomic E-state index is 0.0820. The third kappa shape index (κ3) is 4.83. The van der Waals surface area contributed by atoms with Gasteiger partial charge in [0, 0.05) is 17.1 Å². The molecule has 4 nitrogen and oxygen atoms in total. The molecule has 0 saturated heterocycles. The third-order valence-corrected chi connectivity index (χ3v) is 3.49. The highest BCUT2D eigenvalue weighted by atomic mass is 35.5. The van der Waals surface area contributed by atoms with E-state index >= 15 is 0 Å². The summed E-state index contributed by atoms with van der Waals surface area (Å²) < 4.78 is 5.48. The number of carbonyl (C=O) groups is 2. The van der Waals surface area contributed by atoms with Crippen LogP contribution < -0.4 is 10.1 Å². The average molecular weight is 332 g/mol. The third-order valence-electron chi connectivity index (χ3n) is 3.26. The standard InChI is InChI=1S/C18H18ClNO3/c1-3-16(21)15-10-13(19)6-9-17(15)23-11-18(22)20-14-7-4-12(2)5-8-14/h4-10H,3,11H2,1-2H3,(H,20,22). The second-order valence-electron chi connectivity index (χ2n) is 5.12. The SMILES string of the molecule is CCC(=O)c1cc(Cl)ccc1OCC(=O)Nc1ccc(C)cc1. The summed E-state index contributed by atoms with van der Waals surface area (Å²) in [5.41, 5.74) is 2.21. The van der Waals surface area contributed by atoms with Gasteiger partial charge in [-0.1, -0.05) is 36.2 Å². The number of amides is 1. The highest BCUT2D eigenvalue weighted by molar-refractivity contribution is 6.31. The number of ether oxygens (including phenoxy) is 1. The topological polar surface area (TPSA) is 55.4 Å². The number of rotatable bonds is 6.